The minimum atomic E-state index is -1.21. The standard InChI is InChI=1S/C39H44BrN3O6/c1-4-20-41(28-16-18-30(19-17-28)48-6-3)36(45)32-33-37(46)43(22-10-7-11-23-44)35(39(33)25-31(40)34(32)49-39)38(47)42(21-5-2)29-15-14-26-12-8-9-13-27(26)24-29/h4-5,8-9,12-19,24,31-35,44H,1-2,6-7,10-11,20-23,25H2,3H3/t31?,32-,33-,34-,35?,39?/m0/s1. The fourth-order valence-electron chi connectivity index (χ4n) is 7.97. The molecule has 10 heteroatoms. The van der Waals surface area contributed by atoms with E-state index in [1.54, 1.807) is 26.9 Å². The molecule has 0 aliphatic carbocycles. The molecule has 3 heterocycles. The van der Waals surface area contributed by atoms with Crippen molar-refractivity contribution in [1.82, 2.24) is 4.90 Å². The molecule has 6 atom stereocenters. The number of anilines is 2. The number of nitrogens with zero attached hydrogens (tertiary/aromatic N) is 3. The number of likely N-dealkylation sites (tertiary alicyclic amines) is 1. The molecule has 0 radical (unpaired) electrons. The predicted octanol–water partition coefficient (Wildman–Crippen LogP) is 5.89. The maximum Gasteiger partial charge on any atom is 0.253 e. The number of amides is 3. The number of benzene rings is 3. The Bertz CT molecular complexity index is 1710. The summed E-state index contributed by atoms with van der Waals surface area (Å²) in [5.74, 6) is -1.73. The molecule has 3 aromatic carbocycles. The minimum absolute atomic E-state index is 0.0509. The van der Waals surface area contributed by atoms with Gasteiger partial charge in [0.2, 0.25) is 11.8 Å². The van der Waals surface area contributed by atoms with Crippen LogP contribution in [0.2, 0.25) is 0 Å². The van der Waals surface area contributed by atoms with E-state index >= 15 is 0 Å². The van der Waals surface area contributed by atoms with E-state index in [2.05, 4.69) is 29.1 Å². The second kappa shape index (κ2) is 14.9. The van der Waals surface area contributed by atoms with E-state index in [1.165, 1.54) is 0 Å². The van der Waals surface area contributed by atoms with Gasteiger partial charge < -0.3 is 29.3 Å². The van der Waals surface area contributed by atoms with Gasteiger partial charge in [-0.15, -0.1) is 13.2 Å². The average molecular weight is 731 g/mol. The lowest BCUT2D eigenvalue weighted by Gasteiger charge is -2.37. The van der Waals surface area contributed by atoms with Crippen LogP contribution in [0, 0.1) is 11.8 Å². The zero-order valence-electron chi connectivity index (χ0n) is 27.9. The normalized spacial score (nSPS) is 25.3. The number of rotatable bonds is 15. The van der Waals surface area contributed by atoms with Gasteiger partial charge in [0.25, 0.3) is 5.91 Å². The van der Waals surface area contributed by atoms with Crippen LogP contribution < -0.4 is 14.5 Å². The predicted molar refractivity (Wildman–Crippen MR) is 195 cm³/mol. The summed E-state index contributed by atoms with van der Waals surface area (Å²) >= 11 is 3.80. The van der Waals surface area contributed by atoms with Crippen LogP contribution in [0.4, 0.5) is 11.4 Å². The third-order valence-electron chi connectivity index (χ3n) is 10.0. The van der Waals surface area contributed by atoms with Crippen molar-refractivity contribution in [3.8, 4) is 5.75 Å². The molecule has 6 rings (SSSR count). The molecule has 1 N–H and O–H groups in total. The van der Waals surface area contributed by atoms with Crippen LogP contribution in [0.1, 0.15) is 32.6 Å². The highest BCUT2D eigenvalue weighted by atomic mass is 79.9. The Morgan fingerprint density at radius 2 is 1.65 bits per heavy atom. The Morgan fingerprint density at radius 1 is 0.980 bits per heavy atom. The summed E-state index contributed by atoms with van der Waals surface area (Å²) in [7, 11) is 0. The number of aliphatic hydroxyl groups excluding tert-OH is 1. The second-order valence-corrected chi connectivity index (χ2v) is 14.1. The highest BCUT2D eigenvalue weighted by Gasteiger charge is 2.77. The number of alkyl halides is 1. The third kappa shape index (κ3) is 6.30. The van der Waals surface area contributed by atoms with Crippen molar-refractivity contribution in [3.63, 3.8) is 0 Å². The van der Waals surface area contributed by atoms with E-state index in [-0.39, 0.29) is 42.2 Å². The van der Waals surface area contributed by atoms with Gasteiger partial charge in [0.15, 0.2) is 0 Å². The van der Waals surface area contributed by atoms with Crippen LogP contribution in [-0.2, 0) is 19.1 Å². The molecule has 49 heavy (non-hydrogen) atoms. The summed E-state index contributed by atoms with van der Waals surface area (Å²) in [5, 5.41) is 11.5. The summed E-state index contributed by atoms with van der Waals surface area (Å²) in [6.45, 7) is 11.1. The molecule has 3 amide bonds. The van der Waals surface area contributed by atoms with Gasteiger partial charge >= 0.3 is 0 Å². The van der Waals surface area contributed by atoms with Crippen LogP contribution in [-0.4, -0.2) is 83.2 Å². The Morgan fingerprint density at radius 3 is 2.33 bits per heavy atom. The fraction of sp³-hybridized carbons (Fsp3) is 0.410. The van der Waals surface area contributed by atoms with Crippen molar-refractivity contribution in [2.45, 2.75) is 55.2 Å². The maximum absolute atomic E-state index is 15.0. The molecule has 3 aromatic rings. The van der Waals surface area contributed by atoms with Crippen molar-refractivity contribution in [2.75, 3.05) is 42.6 Å². The van der Waals surface area contributed by atoms with E-state index in [0.29, 0.717) is 56.0 Å². The quantitative estimate of drug-likeness (QED) is 0.119. The zero-order chi connectivity index (χ0) is 34.7. The van der Waals surface area contributed by atoms with Gasteiger partial charge in [0.05, 0.1) is 24.5 Å². The molecular formula is C39H44BrN3O6. The van der Waals surface area contributed by atoms with E-state index in [4.69, 9.17) is 9.47 Å². The number of halogens is 1. The molecule has 3 saturated heterocycles. The van der Waals surface area contributed by atoms with Gasteiger partial charge in [0.1, 0.15) is 17.4 Å². The number of carbonyl (C=O) groups excluding carboxylic acids is 3. The first-order chi connectivity index (χ1) is 23.8. The first-order valence-corrected chi connectivity index (χ1v) is 18.0. The Balaban J connectivity index is 1.39. The molecule has 0 saturated carbocycles. The Hall–Kier alpha value is -3.99. The lowest BCUT2D eigenvalue weighted by molar-refractivity contribution is -0.140. The van der Waals surface area contributed by atoms with Gasteiger partial charge in [-0.1, -0.05) is 58.4 Å². The summed E-state index contributed by atoms with van der Waals surface area (Å²) in [6.07, 6.45) is 5.04. The number of aliphatic hydroxyl groups is 1. The number of unbranched alkanes of at least 4 members (excludes halogenated alkanes) is 2. The van der Waals surface area contributed by atoms with Crippen LogP contribution in [0.3, 0.4) is 0 Å². The Kier molecular flexibility index (Phi) is 10.6. The average Bonchev–Trinajstić information content (AvgIpc) is 3.70. The SMILES string of the molecule is C=CCN(C(=O)C1N(CCCCCO)C(=O)[C@@H]2[C@H](C(=O)N(CC=C)c3ccc(OCC)cc3)[C@H]3OC12CC3Br)c1ccc2ccccc2c1. The molecule has 3 unspecified atom stereocenters. The topological polar surface area (TPSA) is 99.6 Å². The van der Waals surface area contributed by atoms with Gasteiger partial charge in [-0.05, 0) is 79.8 Å². The molecule has 0 aromatic heterocycles. The second-order valence-electron chi connectivity index (χ2n) is 12.9. The smallest absolute Gasteiger partial charge is 0.253 e. The number of hydrogen-bond acceptors (Lipinski definition) is 6. The van der Waals surface area contributed by atoms with Crippen LogP contribution in [0.25, 0.3) is 10.8 Å². The lowest BCUT2D eigenvalue weighted by atomic mass is 9.70. The van der Waals surface area contributed by atoms with Crippen LogP contribution >= 0.6 is 15.9 Å². The molecular weight excluding hydrogens is 686 g/mol. The van der Waals surface area contributed by atoms with Crippen LogP contribution in [0.15, 0.2) is 92.0 Å². The van der Waals surface area contributed by atoms with E-state index < -0.39 is 29.6 Å². The van der Waals surface area contributed by atoms with Crippen molar-refractivity contribution in [3.05, 3.63) is 92.0 Å². The van der Waals surface area contributed by atoms with Crippen molar-refractivity contribution in [2.24, 2.45) is 11.8 Å². The lowest BCUT2D eigenvalue weighted by Crippen LogP contribution is -2.57. The monoisotopic (exact) mass is 729 g/mol. The highest BCUT2D eigenvalue weighted by molar-refractivity contribution is 9.09. The van der Waals surface area contributed by atoms with Crippen molar-refractivity contribution >= 4 is 55.8 Å². The molecule has 2 bridgehead atoms. The largest absolute Gasteiger partial charge is 0.494 e. The van der Waals surface area contributed by atoms with E-state index in [0.717, 1.165) is 10.8 Å². The number of hydrogen-bond donors (Lipinski definition) is 1. The number of fused-ring (bicyclic) bond motifs is 2. The molecule has 3 aliphatic rings. The van der Waals surface area contributed by atoms with Crippen molar-refractivity contribution in [1.29, 1.82) is 0 Å². The minimum Gasteiger partial charge on any atom is -0.494 e. The first kappa shape index (κ1) is 34.9. The molecule has 258 valence electrons. The number of carbonyl (C=O) groups is 3. The summed E-state index contributed by atoms with van der Waals surface area (Å²) in [6, 6.07) is 20.2. The van der Waals surface area contributed by atoms with Gasteiger partial charge in [-0.3, -0.25) is 14.4 Å². The summed E-state index contributed by atoms with van der Waals surface area (Å²) in [4.78, 5) is 49.1. The van der Waals surface area contributed by atoms with Crippen molar-refractivity contribution < 1.29 is 29.0 Å². The molecule has 3 fully saturated rings. The van der Waals surface area contributed by atoms with Gasteiger partial charge in [-0.2, -0.15) is 0 Å². The highest BCUT2D eigenvalue weighted by Crippen LogP contribution is 2.60. The van der Waals surface area contributed by atoms with Gasteiger partial charge in [0, 0.05) is 42.4 Å². The molecule has 9 nitrogen and oxygen atoms in total. The fourth-order valence-corrected chi connectivity index (χ4v) is 8.91. The van der Waals surface area contributed by atoms with Gasteiger partial charge in [-0.25, -0.2) is 0 Å². The first-order valence-electron chi connectivity index (χ1n) is 17.1. The summed E-state index contributed by atoms with van der Waals surface area (Å²) in [5.41, 5.74) is 0.141. The Labute approximate surface area is 296 Å². The zero-order valence-corrected chi connectivity index (χ0v) is 29.5. The van der Waals surface area contributed by atoms with E-state index in [9.17, 15) is 19.5 Å². The maximum atomic E-state index is 15.0. The summed E-state index contributed by atoms with van der Waals surface area (Å²) < 4.78 is 12.4. The molecule has 3 aliphatic heterocycles. The van der Waals surface area contributed by atoms with E-state index in [1.807, 2.05) is 73.7 Å². The van der Waals surface area contributed by atoms with Crippen LogP contribution in [0.5, 0.6) is 5.75 Å². The molecule has 1 spiro atoms. The number of ether oxygens (including phenoxy) is 2. The third-order valence-corrected chi connectivity index (χ3v) is 10.9.